The Labute approximate surface area is 119 Å². The van der Waals surface area contributed by atoms with Crippen molar-refractivity contribution in [3.05, 3.63) is 30.0 Å². The van der Waals surface area contributed by atoms with Gasteiger partial charge in [0.2, 0.25) is 0 Å². The normalized spacial score (nSPS) is 15.6. The molecular weight excluding hydrogens is 250 g/mol. The number of hydrogen-bond donors (Lipinski definition) is 1. The van der Waals surface area contributed by atoms with Gasteiger partial charge in [0, 0.05) is 42.9 Å². The van der Waals surface area contributed by atoms with Gasteiger partial charge in [0.25, 0.3) is 0 Å². The molecule has 20 heavy (non-hydrogen) atoms. The molecule has 106 valence electrons. The van der Waals surface area contributed by atoms with Crippen LogP contribution >= 0.6 is 0 Å². The maximum atomic E-state index is 5.63. The summed E-state index contributed by atoms with van der Waals surface area (Å²) in [7, 11) is 0. The average molecular weight is 271 g/mol. The van der Waals surface area contributed by atoms with Crippen LogP contribution in [0.3, 0.4) is 0 Å². The zero-order valence-corrected chi connectivity index (χ0v) is 12.1. The summed E-state index contributed by atoms with van der Waals surface area (Å²) in [6, 6.07) is 8.35. The van der Waals surface area contributed by atoms with Crippen molar-refractivity contribution in [3.8, 4) is 5.75 Å². The molecule has 1 fully saturated rings. The van der Waals surface area contributed by atoms with E-state index in [9.17, 15) is 0 Å². The molecule has 4 nitrogen and oxygen atoms in total. The molecule has 0 radical (unpaired) electrons. The van der Waals surface area contributed by atoms with E-state index < -0.39 is 0 Å². The fraction of sp³-hybridized carbons (Fsp3) is 0.438. The third-order valence-corrected chi connectivity index (χ3v) is 3.66. The summed E-state index contributed by atoms with van der Waals surface area (Å²) in [5, 5.41) is 4.58. The van der Waals surface area contributed by atoms with Gasteiger partial charge in [-0.2, -0.15) is 0 Å². The van der Waals surface area contributed by atoms with Gasteiger partial charge < -0.3 is 15.0 Å². The van der Waals surface area contributed by atoms with Crippen LogP contribution in [0.4, 0.5) is 5.69 Å². The van der Waals surface area contributed by atoms with Crippen LogP contribution in [0.25, 0.3) is 10.9 Å². The number of ether oxygens (including phenoxy) is 1. The number of rotatable bonds is 3. The molecule has 1 aromatic heterocycles. The molecule has 2 heterocycles. The number of aromatic nitrogens is 1. The van der Waals surface area contributed by atoms with Crippen LogP contribution in [0.15, 0.2) is 24.3 Å². The number of hydrogen-bond acceptors (Lipinski definition) is 4. The molecule has 1 aromatic carbocycles. The summed E-state index contributed by atoms with van der Waals surface area (Å²) in [6.45, 7) is 8.90. The summed E-state index contributed by atoms with van der Waals surface area (Å²) in [4.78, 5) is 7.07. The van der Waals surface area contributed by atoms with Crippen molar-refractivity contribution >= 4 is 16.6 Å². The van der Waals surface area contributed by atoms with Crippen molar-refractivity contribution < 1.29 is 4.74 Å². The zero-order chi connectivity index (χ0) is 13.9. The molecule has 2 aromatic rings. The van der Waals surface area contributed by atoms with Crippen molar-refractivity contribution in [1.29, 1.82) is 0 Å². The van der Waals surface area contributed by atoms with Gasteiger partial charge in [0.15, 0.2) is 0 Å². The van der Waals surface area contributed by atoms with E-state index in [1.807, 2.05) is 13.0 Å². The fourth-order valence-corrected chi connectivity index (χ4v) is 2.74. The van der Waals surface area contributed by atoms with Crippen molar-refractivity contribution in [3.63, 3.8) is 0 Å². The second-order valence-electron chi connectivity index (χ2n) is 5.13. The van der Waals surface area contributed by atoms with Gasteiger partial charge >= 0.3 is 0 Å². The van der Waals surface area contributed by atoms with Crippen LogP contribution in [-0.4, -0.2) is 37.8 Å². The van der Waals surface area contributed by atoms with E-state index in [0.717, 1.165) is 43.1 Å². The summed E-state index contributed by atoms with van der Waals surface area (Å²) in [5.41, 5.74) is 3.38. The first-order chi connectivity index (χ1) is 9.78. The first-order valence-electron chi connectivity index (χ1n) is 7.28. The summed E-state index contributed by atoms with van der Waals surface area (Å²) in [5.74, 6) is 0.919. The third kappa shape index (κ3) is 2.56. The molecule has 0 spiro atoms. The Morgan fingerprint density at radius 3 is 2.80 bits per heavy atom. The Hall–Kier alpha value is -1.81. The van der Waals surface area contributed by atoms with Crippen molar-refractivity contribution in [1.82, 2.24) is 10.3 Å². The Kier molecular flexibility index (Phi) is 3.74. The molecule has 0 unspecified atom stereocenters. The molecule has 0 bridgehead atoms. The second-order valence-corrected chi connectivity index (χ2v) is 5.13. The van der Waals surface area contributed by atoms with Crippen LogP contribution in [0.5, 0.6) is 5.75 Å². The van der Waals surface area contributed by atoms with Crippen LogP contribution in [-0.2, 0) is 0 Å². The van der Waals surface area contributed by atoms with Gasteiger partial charge in [-0.3, -0.25) is 4.98 Å². The van der Waals surface area contributed by atoms with Crippen LogP contribution in [0, 0.1) is 6.92 Å². The molecule has 1 saturated heterocycles. The number of nitrogens with zero attached hydrogens (tertiary/aromatic N) is 2. The lowest BCUT2D eigenvalue weighted by Crippen LogP contribution is -2.43. The first-order valence-corrected chi connectivity index (χ1v) is 7.28. The fourth-order valence-electron chi connectivity index (χ4n) is 2.74. The van der Waals surface area contributed by atoms with E-state index in [2.05, 4.69) is 40.3 Å². The lowest BCUT2D eigenvalue weighted by molar-refractivity contribution is 0.340. The number of piperazine rings is 1. The van der Waals surface area contributed by atoms with E-state index in [0.29, 0.717) is 6.61 Å². The monoisotopic (exact) mass is 271 g/mol. The van der Waals surface area contributed by atoms with Crippen molar-refractivity contribution in [2.24, 2.45) is 0 Å². The highest BCUT2D eigenvalue weighted by Gasteiger charge is 2.15. The average Bonchev–Trinajstić information content (AvgIpc) is 2.48. The van der Waals surface area contributed by atoms with Gasteiger partial charge in [-0.25, -0.2) is 0 Å². The predicted octanol–water partition coefficient (Wildman–Crippen LogP) is 2.35. The highest BCUT2D eigenvalue weighted by molar-refractivity contribution is 5.93. The summed E-state index contributed by atoms with van der Waals surface area (Å²) in [6.07, 6.45) is 0. The molecule has 1 aliphatic rings. The molecule has 1 N–H and O–H groups in total. The van der Waals surface area contributed by atoms with Crippen LogP contribution < -0.4 is 15.0 Å². The van der Waals surface area contributed by atoms with E-state index in [-0.39, 0.29) is 0 Å². The number of benzene rings is 1. The number of aryl methyl sites for hydroxylation is 1. The van der Waals surface area contributed by atoms with E-state index >= 15 is 0 Å². The number of anilines is 1. The van der Waals surface area contributed by atoms with E-state index in [4.69, 9.17) is 4.74 Å². The van der Waals surface area contributed by atoms with Crippen LogP contribution in [0.2, 0.25) is 0 Å². The Morgan fingerprint density at radius 2 is 2.05 bits per heavy atom. The van der Waals surface area contributed by atoms with Gasteiger partial charge in [-0.15, -0.1) is 0 Å². The standard InChI is InChI=1S/C16H21N3O/c1-3-20-13-4-5-15-14(11-13)16(10-12(2)18-15)19-8-6-17-7-9-19/h4-5,10-11,17H,3,6-9H2,1-2H3. The van der Waals surface area contributed by atoms with Crippen molar-refractivity contribution in [2.45, 2.75) is 13.8 Å². The van der Waals surface area contributed by atoms with E-state index in [1.165, 1.54) is 11.1 Å². The van der Waals surface area contributed by atoms with Crippen molar-refractivity contribution in [2.75, 3.05) is 37.7 Å². The molecule has 1 aliphatic heterocycles. The highest BCUT2D eigenvalue weighted by atomic mass is 16.5. The van der Waals surface area contributed by atoms with E-state index in [1.54, 1.807) is 0 Å². The molecule has 0 aliphatic carbocycles. The van der Waals surface area contributed by atoms with Gasteiger partial charge in [0.05, 0.1) is 12.1 Å². The number of fused-ring (bicyclic) bond motifs is 1. The maximum Gasteiger partial charge on any atom is 0.120 e. The summed E-state index contributed by atoms with van der Waals surface area (Å²) >= 11 is 0. The lowest BCUT2D eigenvalue weighted by atomic mass is 10.1. The number of nitrogens with one attached hydrogen (secondary N) is 1. The predicted molar refractivity (Wildman–Crippen MR) is 82.7 cm³/mol. The molecular formula is C16H21N3O. The molecule has 0 amide bonds. The smallest absolute Gasteiger partial charge is 0.120 e. The van der Waals surface area contributed by atoms with Gasteiger partial charge in [-0.05, 0) is 38.1 Å². The SMILES string of the molecule is CCOc1ccc2nc(C)cc(N3CCNCC3)c2c1. The van der Waals surface area contributed by atoms with Gasteiger partial charge in [-0.1, -0.05) is 0 Å². The third-order valence-electron chi connectivity index (χ3n) is 3.66. The number of pyridine rings is 1. The Bertz CT molecular complexity index is 606. The topological polar surface area (TPSA) is 37.4 Å². The zero-order valence-electron chi connectivity index (χ0n) is 12.1. The van der Waals surface area contributed by atoms with Crippen LogP contribution in [0.1, 0.15) is 12.6 Å². The minimum Gasteiger partial charge on any atom is -0.494 e. The molecule has 4 heteroatoms. The minimum atomic E-state index is 0.688. The Balaban J connectivity index is 2.09. The maximum absolute atomic E-state index is 5.63. The first kappa shape index (κ1) is 13.2. The molecule has 3 rings (SSSR count). The quantitative estimate of drug-likeness (QED) is 0.930. The highest BCUT2D eigenvalue weighted by Crippen LogP contribution is 2.30. The molecule has 0 atom stereocenters. The summed E-state index contributed by atoms with van der Waals surface area (Å²) < 4.78 is 5.63. The largest absolute Gasteiger partial charge is 0.494 e. The Morgan fingerprint density at radius 1 is 1.25 bits per heavy atom. The minimum absolute atomic E-state index is 0.688. The lowest BCUT2D eigenvalue weighted by Gasteiger charge is -2.30. The van der Waals surface area contributed by atoms with Gasteiger partial charge in [0.1, 0.15) is 5.75 Å². The molecule has 0 saturated carbocycles. The second kappa shape index (κ2) is 5.67.